The summed E-state index contributed by atoms with van der Waals surface area (Å²) in [5, 5.41) is 8.26. The molecule has 1 fully saturated rings. The lowest BCUT2D eigenvalue weighted by Gasteiger charge is -2.31. The summed E-state index contributed by atoms with van der Waals surface area (Å²) >= 11 is 6.24. The Balaban J connectivity index is 0.00000208. The van der Waals surface area contributed by atoms with Gasteiger partial charge in [0.15, 0.2) is 0 Å². The normalized spacial score (nSPS) is 15.2. The van der Waals surface area contributed by atoms with Crippen LogP contribution >= 0.6 is 24.0 Å². The Hall–Kier alpha value is -1.56. The molecule has 0 spiro atoms. The van der Waals surface area contributed by atoms with Crippen molar-refractivity contribution < 1.29 is 4.79 Å². The van der Waals surface area contributed by atoms with E-state index in [1.54, 1.807) is 10.9 Å². The SMILES string of the molecule is CNC1CCN(C(=O)c2cnn(-c3ccccc3Cl)c2C)CC1.Cl. The van der Waals surface area contributed by atoms with Crippen LogP contribution in [-0.4, -0.2) is 46.8 Å². The number of benzene rings is 1. The lowest BCUT2D eigenvalue weighted by Crippen LogP contribution is -2.44. The number of hydrogen-bond acceptors (Lipinski definition) is 3. The number of amides is 1. The van der Waals surface area contributed by atoms with Crippen LogP contribution in [0.5, 0.6) is 0 Å². The van der Waals surface area contributed by atoms with Crippen molar-refractivity contribution in [3.05, 3.63) is 46.7 Å². The Kier molecular flexibility index (Phi) is 6.27. The van der Waals surface area contributed by atoms with Crippen molar-refractivity contribution in [3.8, 4) is 5.69 Å². The van der Waals surface area contributed by atoms with Gasteiger partial charge in [-0.3, -0.25) is 4.79 Å². The molecule has 0 aliphatic carbocycles. The predicted octanol–water partition coefficient (Wildman–Crippen LogP) is 3.08. The van der Waals surface area contributed by atoms with E-state index in [9.17, 15) is 4.79 Å². The summed E-state index contributed by atoms with van der Waals surface area (Å²) in [6, 6.07) is 8.01. The number of carbonyl (C=O) groups is 1. The van der Waals surface area contributed by atoms with Crippen LogP contribution in [0, 0.1) is 6.92 Å². The van der Waals surface area contributed by atoms with Crippen molar-refractivity contribution in [2.75, 3.05) is 20.1 Å². The molecule has 3 rings (SSSR count). The predicted molar refractivity (Wildman–Crippen MR) is 98.5 cm³/mol. The van der Waals surface area contributed by atoms with Crippen LogP contribution in [0.2, 0.25) is 5.02 Å². The molecule has 5 nitrogen and oxygen atoms in total. The lowest BCUT2D eigenvalue weighted by atomic mass is 10.0. The second-order valence-electron chi connectivity index (χ2n) is 5.86. The van der Waals surface area contributed by atoms with E-state index in [-0.39, 0.29) is 18.3 Å². The van der Waals surface area contributed by atoms with E-state index >= 15 is 0 Å². The third-order valence-electron chi connectivity index (χ3n) is 4.51. The van der Waals surface area contributed by atoms with E-state index in [1.807, 2.05) is 43.1 Å². The molecule has 1 saturated heterocycles. The summed E-state index contributed by atoms with van der Waals surface area (Å²) in [6.45, 7) is 3.46. The molecule has 1 N–H and O–H groups in total. The summed E-state index contributed by atoms with van der Waals surface area (Å²) in [4.78, 5) is 14.7. The minimum atomic E-state index is 0. The van der Waals surface area contributed by atoms with Crippen LogP contribution in [0.1, 0.15) is 28.9 Å². The van der Waals surface area contributed by atoms with E-state index in [2.05, 4.69) is 10.4 Å². The van der Waals surface area contributed by atoms with Gasteiger partial charge in [0.2, 0.25) is 0 Å². The van der Waals surface area contributed by atoms with E-state index in [1.165, 1.54) is 0 Å². The molecule has 2 heterocycles. The Labute approximate surface area is 153 Å². The average molecular weight is 369 g/mol. The zero-order valence-corrected chi connectivity index (χ0v) is 15.4. The van der Waals surface area contributed by atoms with Gasteiger partial charge >= 0.3 is 0 Å². The molecule has 1 aliphatic rings. The van der Waals surface area contributed by atoms with Crippen LogP contribution in [0.15, 0.2) is 30.5 Å². The van der Waals surface area contributed by atoms with Crippen molar-refractivity contribution in [1.82, 2.24) is 20.0 Å². The second kappa shape index (κ2) is 8.01. The maximum atomic E-state index is 12.8. The minimum Gasteiger partial charge on any atom is -0.338 e. The molecule has 1 amide bonds. The number of nitrogens with zero attached hydrogens (tertiary/aromatic N) is 3. The zero-order valence-electron chi connectivity index (χ0n) is 13.8. The summed E-state index contributed by atoms with van der Waals surface area (Å²) < 4.78 is 1.73. The summed E-state index contributed by atoms with van der Waals surface area (Å²) in [5.41, 5.74) is 2.26. The fourth-order valence-corrected chi connectivity index (χ4v) is 3.24. The number of carbonyl (C=O) groups excluding carboxylic acids is 1. The van der Waals surface area contributed by atoms with Gasteiger partial charge in [-0.25, -0.2) is 4.68 Å². The van der Waals surface area contributed by atoms with Gasteiger partial charge in [-0.15, -0.1) is 12.4 Å². The second-order valence-corrected chi connectivity index (χ2v) is 6.27. The number of para-hydroxylation sites is 1. The molecular weight excluding hydrogens is 347 g/mol. The Morgan fingerprint density at radius 1 is 1.29 bits per heavy atom. The van der Waals surface area contributed by atoms with Gasteiger partial charge in [0, 0.05) is 19.1 Å². The molecule has 7 heteroatoms. The lowest BCUT2D eigenvalue weighted by molar-refractivity contribution is 0.0706. The highest BCUT2D eigenvalue weighted by Gasteiger charge is 2.25. The van der Waals surface area contributed by atoms with Crippen LogP contribution < -0.4 is 5.32 Å². The van der Waals surface area contributed by atoms with Gasteiger partial charge in [-0.1, -0.05) is 23.7 Å². The first-order valence-electron chi connectivity index (χ1n) is 7.88. The molecule has 0 atom stereocenters. The third kappa shape index (κ3) is 3.58. The summed E-state index contributed by atoms with van der Waals surface area (Å²) in [7, 11) is 1.97. The highest BCUT2D eigenvalue weighted by atomic mass is 35.5. The minimum absolute atomic E-state index is 0. The highest BCUT2D eigenvalue weighted by Crippen LogP contribution is 2.23. The van der Waals surface area contributed by atoms with Crippen molar-refractivity contribution in [1.29, 1.82) is 0 Å². The Morgan fingerprint density at radius 2 is 1.96 bits per heavy atom. The quantitative estimate of drug-likeness (QED) is 0.905. The number of piperidine rings is 1. The van der Waals surface area contributed by atoms with E-state index in [0.29, 0.717) is 16.6 Å². The number of rotatable bonds is 3. The highest BCUT2D eigenvalue weighted by molar-refractivity contribution is 6.32. The van der Waals surface area contributed by atoms with E-state index in [4.69, 9.17) is 11.6 Å². The van der Waals surface area contributed by atoms with Crippen molar-refractivity contribution in [3.63, 3.8) is 0 Å². The standard InChI is InChI=1S/C17H21ClN4O.ClH/c1-12-14(17(23)21-9-7-13(19-2)8-10-21)11-20-22(12)16-6-4-3-5-15(16)18;/h3-6,11,13,19H,7-10H2,1-2H3;1H. The first kappa shape index (κ1) is 18.8. The number of hydrogen-bond donors (Lipinski definition) is 1. The molecule has 0 bridgehead atoms. The summed E-state index contributed by atoms with van der Waals surface area (Å²) in [6.07, 6.45) is 3.62. The van der Waals surface area contributed by atoms with Crippen molar-refractivity contribution >= 4 is 29.9 Å². The molecule has 0 unspecified atom stereocenters. The molecule has 130 valence electrons. The fraction of sp³-hybridized carbons (Fsp3) is 0.412. The molecule has 1 aromatic heterocycles. The number of aromatic nitrogens is 2. The van der Waals surface area contributed by atoms with Gasteiger partial charge in [-0.2, -0.15) is 5.10 Å². The fourth-order valence-electron chi connectivity index (χ4n) is 3.03. The van der Waals surface area contributed by atoms with Gasteiger partial charge in [0.05, 0.1) is 28.2 Å². The van der Waals surface area contributed by atoms with Gasteiger partial charge in [-0.05, 0) is 38.9 Å². The van der Waals surface area contributed by atoms with Crippen LogP contribution in [0.4, 0.5) is 0 Å². The first-order chi connectivity index (χ1) is 11.1. The first-order valence-corrected chi connectivity index (χ1v) is 8.25. The number of nitrogens with one attached hydrogen (secondary N) is 1. The van der Waals surface area contributed by atoms with Gasteiger partial charge in [0.25, 0.3) is 5.91 Å². The maximum absolute atomic E-state index is 12.8. The van der Waals surface area contributed by atoms with Crippen LogP contribution in [0.3, 0.4) is 0 Å². The van der Waals surface area contributed by atoms with Crippen LogP contribution in [-0.2, 0) is 0 Å². The van der Waals surface area contributed by atoms with Crippen LogP contribution in [0.25, 0.3) is 5.69 Å². The number of likely N-dealkylation sites (tertiary alicyclic amines) is 1. The van der Waals surface area contributed by atoms with Gasteiger partial charge in [0.1, 0.15) is 0 Å². The van der Waals surface area contributed by atoms with Crippen molar-refractivity contribution in [2.45, 2.75) is 25.8 Å². The molecule has 0 radical (unpaired) electrons. The third-order valence-corrected chi connectivity index (χ3v) is 4.83. The molecule has 1 aromatic carbocycles. The van der Waals surface area contributed by atoms with E-state index in [0.717, 1.165) is 37.3 Å². The van der Waals surface area contributed by atoms with E-state index < -0.39 is 0 Å². The smallest absolute Gasteiger partial charge is 0.257 e. The Bertz CT molecular complexity index is 708. The molecular formula is C17H22Cl2N4O. The van der Waals surface area contributed by atoms with Gasteiger partial charge < -0.3 is 10.2 Å². The Morgan fingerprint density at radius 3 is 2.58 bits per heavy atom. The monoisotopic (exact) mass is 368 g/mol. The molecule has 2 aromatic rings. The zero-order chi connectivity index (χ0) is 16.4. The largest absolute Gasteiger partial charge is 0.338 e. The number of halogens is 2. The maximum Gasteiger partial charge on any atom is 0.257 e. The molecule has 0 saturated carbocycles. The molecule has 1 aliphatic heterocycles. The average Bonchev–Trinajstić information content (AvgIpc) is 2.96. The van der Waals surface area contributed by atoms with Crippen molar-refractivity contribution in [2.24, 2.45) is 0 Å². The molecule has 24 heavy (non-hydrogen) atoms. The topological polar surface area (TPSA) is 50.2 Å². The summed E-state index contributed by atoms with van der Waals surface area (Å²) in [5.74, 6) is 0.0513.